The molecule has 0 heterocycles. The van der Waals surface area contributed by atoms with Crippen molar-refractivity contribution in [3.63, 3.8) is 0 Å². The molecule has 0 saturated carbocycles. The van der Waals surface area contributed by atoms with Gasteiger partial charge in [0.05, 0.1) is 11.9 Å². The first-order valence-corrected chi connectivity index (χ1v) is 19.2. The molecule has 6 aromatic carbocycles. The van der Waals surface area contributed by atoms with E-state index in [1.807, 2.05) is 0 Å². The van der Waals surface area contributed by atoms with Crippen LogP contribution in [0.15, 0.2) is 182 Å². The topological polar surface area (TPSA) is 132 Å². The molecule has 6 nitrogen and oxygen atoms in total. The molecule has 0 aliphatic carbocycles. The van der Waals surface area contributed by atoms with E-state index in [4.69, 9.17) is 11.5 Å². The third kappa shape index (κ3) is 16.0. The summed E-state index contributed by atoms with van der Waals surface area (Å²) in [6.07, 6.45) is 2.41. The largest absolute Gasteiger partial charge is 2.00 e. The first-order chi connectivity index (χ1) is 24.4. The Labute approximate surface area is 316 Å². The van der Waals surface area contributed by atoms with E-state index in [1.54, 1.807) is 36.4 Å². The zero-order valence-corrected chi connectivity index (χ0v) is 31.7. The van der Waals surface area contributed by atoms with Crippen LogP contribution >= 0.6 is 15.8 Å². The maximum absolute atomic E-state index is 10.1. The van der Waals surface area contributed by atoms with Crippen molar-refractivity contribution < 1.29 is 39.3 Å². The Morgan fingerprint density at radius 3 is 0.745 bits per heavy atom. The summed E-state index contributed by atoms with van der Waals surface area (Å²) in [6.45, 7) is 1.19. The maximum atomic E-state index is 10.1. The third-order valence-electron chi connectivity index (χ3n) is 7.00. The minimum Gasteiger partial charge on any atom is -0.545 e. The van der Waals surface area contributed by atoms with Crippen molar-refractivity contribution in [3.8, 4) is 0 Å². The van der Waals surface area contributed by atoms with Gasteiger partial charge >= 0.3 is 19.5 Å². The molecule has 0 radical (unpaired) electrons. The normalized spacial score (nSPS) is 9.80. The van der Waals surface area contributed by atoms with E-state index in [2.05, 4.69) is 121 Å². The summed E-state index contributed by atoms with van der Waals surface area (Å²) in [5, 5.41) is 26.1. The van der Waals surface area contributed by atoms with Crippen molar-refractivity contribution in [1.29, 1.82) is 0 Å². The SMILES string of the molecule is NCCN.O=C([O-])c1ccccc1.O=C([O-])c1ccccc1.[Ru+2].c1ccc(P(CCP(c2ccccc2)c2ccccc2)c2ccccc2)cc1. The van der Waals surface area contributed by atoms with Crippen molar-refractivity contribution in [3.05, 3.63) is 193 Å². The van der Waals surface area contributed by atoms with Gasteiger partial charge in [-0.05, 0) is 60.5 Å². The predicted molar refractivity (Wildman–Crippen MR) is 208 cm³/mol. The Morgan fingerprint density at radius 1 is 0.392 bits per heavy atom. The molecular weight excluding hydrogens is 759 g/mol. The molecule has 0 aliphatic rings. The standard InChI is InChI=1S/C26H24P2.2C7H6O2.C2H8N2.Ru/c1-5-13-23(14-6-1)27(24-15-7-2-8-16-24)21-22-28(25-17-9-3-10-18-25)26-19-11-4-12-20-26;2*8-7(9)6-4-2-1-3-5-6;3-1-2-4;/h1-20H,21-22H2;2*1-5H,(H,8,9);1-4H2;/q;;;;+2/p-2. The van der Waals surface area contributed by atoms with Gasteiger partial charge in [0, 0.05) is 13.1 Å². The second-order valence-electron chi connectivity index (χ2n) is 10.5. The van der Waals surface area contributed by atoms with Crippen LogP contribution in [0.2, 0.25) is 0 Å². The summed E-state index contributed by atoms with van der Waals surface area (Å²) >= 11 is 0. The molecule has 0 aliphatic heterocycles. The Kier molecular flexibility index (Phi) is 21.5. The molecule has 0 spiro atoms. The zero-order chi connectivity index (χ0) is 35.8. The molecule has 262 valence electrons. The minimum atomic E-state index is -1.13. The van der Waals surface area contributed by atoms with Gasteiger partial charge in [-0.15, -0.1) is 0 Å². The van der Waals surface area contributed by atoms with E-state index in [9.17, 15) is 19.8 Å². The fraction of sp³-hybridized carbons (Fsp3) is 0.0952. The Balaban J connectivity index is 0.000000319. The summed E-state index contributed by atoms with van der Waals surface area (Å²) in [6, 6.07) is 60.3. The summed E-state index contributed by atoms with van der Waals surface area (Å²) in [5.41, 5.74) is 10.2. The number of carboxylic acids is 2. The average Bonchev–Trinajstić information content (AvgIpc) is 3.19. The molecule has 0 amide bonds. The molecule has 6 aromatic rings. The zero-order valence-electron chi connectivity index (χ0n) is 28.2. The number of rotatable bonds is 10. The predicted octanol–water partition coefficient (Wildman–Crippen LogP) is 4.25. The molecule has 0 unspecified atom stereocenters. The summed E-state index contributed by atoms with van der Waals surface area (Å²) in [7, 11) is -0.696. The van der Waals surface area contributed by atoms with Gasteiger partial charge in [-0.2, -0.15) is 0 Å². The summed E-state index contributed by atoms with van der Waals surface area (Å²) < 4.78 is 0. The quantitative estimate of drug-likeness (QED) is 0.157. The van der Waals surface area contributed by atoms with Crippen molar-refractivity contribution >= 4 is 49.0 Å². The van der Waals surface area contributed by atoms with Crippen LogP contribution in [0, 0.1) is 0 Å². The van der Waals surface area contributed by atoms with Gasteiger partial charge in [-0.1, -0.05) is 182 Å². The van der Waals surface area contributed by atoms with E-state index in [0.717, 1.165) is 0 Å². The van der Waals surface area contributed by atoms with Crippen LogP contribution in [0.3, 0.4) is 0 Å². The minimum absolute atomic E-state index is 0. The molecule has 9 heteroatoms. The number of carbonyl (C=O) groups is 2. The second-order valence-corrected chi connectivity index (χ2v) is 15.2. The van der Waals surface area contributed by atoms with Crippen LogP contribution in [0.1, 0.15) is 20.7 Å². The Morgan fingerprint density at radius 2 is 0.588 bits per heavy atom. The van der Waals surface area contributed by atoms with Gasteiger partial charge < -0.3 is 31.3 Å². The maximum Gasteiger partial charge on any atom is 2.00 e. The van der Waals surface area contributed by atoms with Crippen LogP contribution in [0.5, 0.6) is 0 Å². The number of benzene rings is 6. The number of carbonyl (C=O) groups excluding carboxylic acids is 2. The molecule has 51 heavy (non-hydrogen) atoms. The van der Waals surface area contributed by atoms with Crippen LogP contribution < -0.4 is 42.9 Å². The van der Waals surface area contributed by atoms with Crippen molar-refractivity contribution in [1.82, 2.24) is 0 Å². The van der Waals surface area contributed by atoms with Crippen molar-refractivity contribution in [2.45, 2.75) is 0 Å². The molecule has 0 aromatic heterocycles. The van der Waals surface area contributed by atoms with Gasteiger partial charge in [-0.3, -0.25) is 0 Å². The monoisotopic (exact) mass is 802 g/mol. The van der Waals surface area contributed by atoms with Gasteiger partial charge in [0.25, 0.3) is 0 Å². The first-order valence-electron chi connectivity index (χ1n) is 16.1. The Bertz CT molecular complexity index is 1560. The average molecular weight is 802 g/mol. The first kappa shape index (κ1) is 42.8. The van der Waals surface area contributed by atoms with E-state index >= 15 is 0 Å². The van der Waals surface area contributed by atoms with Crippen molar-refractivity contribution in [2.75, 3.05) is 25.4 Å². The number of hydrogen-bond acceptors (Lipinski definition) is 6. The Hall–Kier alpha value is -4.34. The summed E-state index contributed by atoms with van der Waals surface area (Å²) in [5.74, 6) is -2.26. The van der Waals surface area contributed by atoms with Gasteiger partial charge in [0.1, 0.15) is 0 Å². The molecule has 0 fully saturated rings. The fourth-order valence-corrected chi connectivity index (χ4v) is 9.95. The molecule has 0 bridgehead atoms. The molecular formula is C42H42N2O4P2Ru. The van der Waals surface area contributed by atoms with E-state index < -0.39 is 11.9 Å². The smallest absolute Gasteiger partial charge is 0.545 e. The van der Waals surface area contributed by atoms with E-state index in [-0.39, 0.29) is 46.4 Å². The van der Waals surface area contributed by atoms with E-state index in [0.29, 0.717) is 13.1 Å². The summed E-state index contributed by atoms with van der Waals surface area (Å²) in [4.78, 5) is 20.2. The fourth-order valence-electron chi connectivity index (χ4n) is 4.59. The number of hydrogen-bond donors (Lipinski definition) is 2. The molecule has 6 rings (SSSR count). The number of nitrogens with two attached hydrogens (primary N) is 2. The van der Waals surface area contributed by atoms with Crippen LogP contribution in [0.4, 0.5) is 0 Å². The third-order valence-corrected chi connectivity index (χ3v) is 12.4. The van der Waals surface area contributed by atoms with Crippen LogP contribution in [0.25, 0.3) is 0 Å². The number of aromatic carboxylic acids is 2. The van der Waals surface area contributed by atoms with Crippen molar-refractivity contribution in [2.24, 2.45) is 11.5 Å². The van der Waals surface area contributed by atoms with E-state index in [1.165, 1.54) is 57.8 Å². The van der Waals surface area contributed by atoms with Crippen LogP contribution in [-0.2, 0) is 19.5 Å². The van der Waals surface area contributed by atoms with Gasteiger partial charge in [0.2, 0.25) is 0 Å². The second kappa shape index (κ2) is 25.6. The van der Waals surface area contributed by atoms with Gasteiger partial charge in [-0.25, -0.2) is 0 Å². The molecule has 0 saturated heterocycles. The van der Waals surface area contributed by atoms with Gasteiger partial charge in [0.15, 0.2) is 0 Å². The van der Waals surface area contributed by atoms with Crippen LogP contribution in [-0.4, -0.2) is 37.4 Å². The number of carboxylic acid groups (broad SMARTS) is 2. The molecule has 0 atom stereocenters. The molecule has 4 N–H and O–H groups in total.